The number of aryl methyl sites for hydroxylation is 2. The van der Waals surface area contributed by atoms with Crippen molar-refractivity contribution < 1.29 is 9.13 Å². The van der Waals surface area contributed by atoms with Gasteiger partial charge in [0, 0.05) is 29.6 Å². The number of ether oxygens (including phenoxy) is 1. The van der Waals surface area contributed by atoms with Crippen LogP contribution in [-0.4, -0.2) is 4.98 Å². The maximum absolute atomic E-state index is 13.0. The monoisotopic (exact) mass is 280 g/mol. The highest BCUT2D eigenvalue weighted by molar-refractivity contribution is 6.32. The normalized spacial score (nSPS) is 10.6. The minimum atomic E-state index is -0.404. The largest absolute Gasteiger partial charge is 0.455 e. The van der Waals surface area contributed by atoms with Crippen LogP contribution in [0.3, 0.4) is 0 Å². The van der Waals surface area contributed by atoms with E-state index in [0.717, 1.165) is 17.0 Å². The Hall–Kier alpha value is -1.65. The Balaban J connectivity index is 2.42. The number of rotatable bonds is 3. The average Bonchev–Trinajstić information content (AvgIpc) is 2.32. The molecular weight excluding hydrogens is 267 g/mol. The fourth-order valence-corrected chi connectivity index (χ4v) is 2.04. The van der Waals surface area contributed by atoms with Gasteiger partial charge in [0.15, 0.2) is 0 Å². The van der Waals surface area contributed by atoms with E-state index in [9.17, 15) is 4.39 Å². The van der Waals surface area contributed by atoms with Gasteiger partial charge in [0.1, 0.15) is 17.3 Å². The van der Waals surface area contributed by atoms with Crippen LogP contribution < -0.4 is 10.5 Å². The van der Waals surface area contributed by atoms with Crippen LogP contribution >= 0.6 is 11.6 Å². The summed E-state index contributed by atoms with van der Waals surface area (Å²) >= 11 is 5.94. The first-order valence-electron chi connectivity index (χ1n) is 5.81. The van der Waals surface area contributed by atoms with Crippen molar-refractivity contribution in [2.24, 2.45) is 5.73 Å². The number of pyridine rings is 1. The van der Waals surface area contributed by atoms with Crippen molar-refractivity contribution in [2.75, 3.05) is 0 Å². The molecule has 0 amide bonds. The molecule has 2 N–H and O–H groups in total. The van der Waals surface area contributed by atoms with Crippen LogP contribution in [0.1, 0.15) is 17.0 Å². The second kappa shape index (κ2) is 5.55. The lowest BCUT2D eigenvalue weighted by atomic mass is 10.1. The fraction of sp³-hybridized carbons (Fsp3) is 0.214. The summed E-state index contributed by atoms with van der Waals surface area (Å²) in [4.78, 5) is 4.33. The second-order valence-electron chi connectivity index (χ2n) is 4.21. The van der Waals surface area contributed by atoms with E-state index in [1.807, 2.05) is 13.8 Å². The minimum Gasteiger partial charge on any atom is -0.455 e. The van der Waals surface area contributed by atoms with Gasteiger partial charge in [0.05, 0.1) is 5.02 Å². The summed E-state index contributed by atoms with van der Waals surface area (Å²) in [6.07, 6.45) is 0. The lowest BCUT2D eigenvalue weighted by molar-refractivity contribution is 0.472. The van der Waals surface area contributed by atoms with Crippen molar-refractivity contribution >= 4 is 11.6 Å². The molecule has 19 heavy (non-hydrogen) atoms. The lowest BCUT2D eigenvalue weighted by Crippen LogP contribution is -2.05. The first-order chi connectivity index (χ1) is 9.01. The number of hydrogen-bond acceptors (Lipinski definition) is 3. The quantitative estimate of drug-likeness (QED) is 0.932. The van der Waals surface area contributed by atoms with E-state index in [1.165, 1.54) is 18.2 Å². The molecule has 0 saturated carbocycles. The second-order valence-corrected chi connectivity index (χ2v) is 4.61. The molecule has 5 heteroatoms. The Morgan fingerprint density at radius 3 is 2.63 bits per heavy atom. The standard InChI is InChI=1S/C14H14ClFN2O/c1-8-5-14(11(7-17)9(2)18-8)19-13-4-3-10(16)6-12(13)15/h3-6H,7,17H2,1-2H3. The zero-order valence-electron chi connectivity index (χ0n) is 10.7. The summed E-state index contributed by atoms with van der Waals surface area (Å²) in [5.74, 6) is 0.585. The molecule has 100 valence electrons. The van der Waals surface area contributed by atoms with E-state index in [1.54, 1.807) is 6.07 Å². The zero-order valence-corrected chi connectivity index (χ0v) is 11.5. The van der Waals surface area contributed by atoms with Gasteiger partial charge < -0.3 is 10.5 Å². The van der Waals surface area contributed by atoms with Crippen molar-refractivity contribution in [3.8, 4) is 11.5 Å². The van der Waals surface area contributed by atoms with Gasteiger partial charge in [-0.25, -0.2) is 4.39 Å². The summed E-state index contributed by atoms with van der Waals surface area (Å²) < 4.78 is 18.7. The van der Waals surface area contributed by atoms with E-state index in [2.05, 4.69) is 4.98 Å². The third-order valence-corrected chi connectivity index (χ3v) is 3.03. The van der Waals surface area contributed by atoms with Gasteiger partial charge in [-0.15, -0.1) is 0 Å². The van der Waals surface area contributed by atoms with E-state index >= 15 is 0 Å². The van der Waals surface area contributed by atoms with Crippen molar-refractivity contribution in [2.45, 2.75) is 20.4 Å². The summed E-state index contributed by atoms with van der Waals surface area (Å²) in [6.45, 7) is 4.05. The van der Waals surface area contributed by atoms with E-state index in [0.29, 0.717) is 18.0 Å². The summed E-state index contributed by atoms with van der Waals surface area (Å²) in [5.41, 5.74) is 8.15. The minimum absolute atomic E-state index is 0.218. The van der Waals surface area contributed by atoms with Crippen molar-refractivity contribution in [1.82, 2.24) is 4.98 Å². The van der Waals surface area contributed by atoms with E-state index in [4.69, 9.17) is 22.1 Å². The number of aromatic nitrogens is 1. The van der Waals surface area contributed by atoms with Crippen molar-refractivity contribution in [1.29, 1.82) is 0 Å². The molecule has 1 aromatic heterocycles. The van der Waals surface area contributed by atoms with E-state index in [-0.39, 0.29) is 5.02 Å². The number of nitrogens with two attached hydrogens (primary N) is 1. The van der Waals surface area contributed by atoms with Crippen LogP contribution in [0, 0.1) is 19.7 Å². The van der Waals surface area contributed by atoms with Gasteiger partial charge in [-0.3, -0.25) is 4.98 Å². The van der Waals surface area contributed by atoms with Gasteiger partial charge in [0.2, 0.25) is 0 Å². The maximum Gasteiger partial charge on any atom is 0.146 e. The van der Waals surface area contributed by atoms with Crippen molar-refractivity contribution in [3.63, 3.8) is 0 Å². The third-order valence-electron chi connectivity index (χ3n) is 2.74. The van der Waals surface area contributed by atoms with Crippen LogP contribution in [0.4, 0.5) is 4.39 Å². The van der Waals surface area contributed by atoms with Crippen LogP contribution in [0.5, 0.6) is 11.5 Å². The fourth-order valence-electron chi connectivity index (χ4n) is 1.84. The summed E-state index contributed by atoms with van der Waals surface area (Å²) in [5, 5.41) is 0.218. The van der Waals surface area contributed by atoms with Gasteiger partial charge in [-0.05, 0) is 32.0 Å². The molecule has 1 heterocycles. The molecule has 0 aliphatic heterocycles. The molecule has 0 fully saturated rings. The highest BCUT2D eigenvalue weighted by atomic mass is 35.5. The Labute approximate surface area is 116 Å². The molecule has 0 aliphatic carbocycles. The summed E-state index contributed by atoms with van der Waals surface area (Å²) in [6, 6.07) is 5.78. The predicted octanol–water partition coefficient (Wildman–Crippen LogP) is 3.74. The smallest absolute Gasteiger partial charge is 0.146 e. The van der Waals surface area contributed by atoms with Crippen LogP contribution in [0.25, 0.3) is 0 Å². The number of benzene rings is 1. The predicted molar refractivity (Wildman–Crippen MR) is 73.1 cm³/mol. The third kappa shape index (κ3) is 3.03. The zero-order chi connectivity index (χ0) is 14.0. The Kier molecular flexibility index (Phi) is 4.02. The molecule has 0 saturated heterocycles. The molecule has 2 aromatic rings. The molecule has 2 rings (SSSR count). The van der Waals surface area contributed by atoms with Crippen LogP contribution in [0.2, 0.25) is 5.02 Å². The highest BCUT2D eigenvalue weighted by Crippen LogP contribution is 2.32. The molecule has 3 nitrogen and oxygen atoms in total. The van der Waals surface area contributed by atoms with Gasteiger partial charge in [-0.1, -0.05) is 11.6 Å². The van der Waals surface area contributed by atoms with Crippen LogP contribution in [-0.2, 0) is 6.54 Å². The Morgan fingerprint density at radius 1 is 1.26 bits per heavy atom. The Morgan fingerprint density at radius 2 is 2.00 bits per heavy atom. The van der Waals surface area contributed by atoms with Crippen LogP contribution in [0.15, 0.2) is 24.3 Å². The van der Waals surface area contributed by atoms with E-state index < -0.39 is 5.82 Å². The maximum atomic E-state index is 13.0. The van der Waals surface area contributed by atoms with Gasteiger partial charge >= 0.3 is 0 Å². The number of hydrogen-bond donors (Lipinski definition) is 1. The molecule has 0 bridgehead atoms. The van der Waals surface area contributed by atoms with Crippen molar-refractivity contribution in [3.05, 3.63) is 52.1 Å². The van der Waals surface area contributed by atoms with Gasteiger partial charge in [0.25, 0.3) is 0 Å². The molecule has 0 atom stereocenters. The molecule has 0 unspecified atom stereocenters. The molecule has 0 aliphatic rings. The first-order valence-corrected chi connectivity index (χ1v) is 6.19. The molecule has 0 spiro atoms. The van der Waals surface area contributed by atoms with Gasteiger partial charge in [-0.2, -0.15) is 0 Å². The highest BCUT2D eigenvalue weighted by Gasteiger charge is 2.11. The molecule has 1 aromatic carbocycles. The molecule has 0 radical (unpaired) electrons. The number of halogens is 2. The Bertz CT molecular complexity index is 617. The number of nitrogens with zero attached hydrogens (tertiary/aromatic N) is 1. The SMILES string of the molecule is Cc1cc(Oc2ccc(F)cc2Cl)c(CN)c(C)n1. The average molecular weight is 281 g/mol. The topological polar surface area (TPSA) is 48.1 Å². The summed E-state index contributed by atoms with van der Waals surface area (Å²) in [7, 11) is 0. The lowest BCUT2D eigenvalue weighted by Gasteiger charge is -2.13. The first kappa shape index (κ1) is 13.8. The molecular formula is C14H14ClFN2O.